The number of nitro groups is 1. The van der Waals surface area contributed by atoms with E-state index in [1.807, 2.05) is 0 Å². The Labute approximate surface area is 129 Å². The van der Waals surface area contributed by atoms with E-state index < -0.39 is 16.7 Å². The van der Waals surface area contributed by atoms with Crippen molar-refractivity contribution in [1.29, 1.82) is 0 Å². The molecule has 0 atom stereocenters. The van der Waals surface area contributed by atoms with E-state index in [2.05, 4.69) is 4.99 Å². The van der Waals surface area contributed by atoms with Crippen LogP contribution < -0.4 is 0 Å². The predicted molar refractivity (Wildman–Crippen MR) is 80.1 cm³/mol. The molecule has 0 bridgehead atoms. The largest absolute Gasteiger partial charge is 0.402 e. The van der Waals surface area contributed by atoms with Crippen molar-refractivity contribution in [3.8, 4) is 0 Å². The highest BCUT2D eigenvalue weighted by atomic mass is 19.1. The van der Waals surface area contributed by atoms with E-state index in [9.17, 15) is 19.3 Å². The van der Waals surface area contributed by atoms with E-state index in [0.717, 1.165) is 0 Å². The van der Waals surface area contributed by atoms with Gasteiger partial charge in [-0.05, 0) is 42.0 Å². The standard InChI is InChI=1S/C16H9FN2O4/c17-12-3-1-2-11(9-12)15-18-14(16(20)23-15)8-10-4-6-13(7-5-10)19(21)22/h1-9H. The van der Waals surface area contributed by atoms with Crippen LogP contribution in [-0.2, 0) is 9.53 Å². The minimum absolute atomic E-state index is 0.0164. The second-order valence-electron chi connectivity index (χ2n) is 4.70. The number of hydrogen-bond donors (Lipinski definition) is 0. The fourth-order valence-electron chi connectivity index (χ4n) is 2.00. The number of ether oxygens (including phenoxy) is 1. The highest BCUT2D eigenvalue weighted by molar-refractivity contribution is 6.12. The molecule has 0 aromatic heterocycles. The molecule has 0 N–H and O–H groups in total. The molecule has 0 aliphatic carbocycles. The molecule has 0 unspecified atom stereocenters. The summed E-state index contributed by atoms with van der Waals surface area (Å²) in [6.07, 6.45) is 1.44. The van der Waals surface area contributed by atoms with E-state index >= 15 is 0 Å². The van der Waals surface area contributed by atoms with Gasteiger partial charge in [0.1, 0.15) is 5.82 Å². The van der Waals surface area contributed by atoms with Gasteiger partial charge in [-0.15, -0.1) is 0 Å². The smallest absolute Gasteiger partial charge is 0.363 e. The summed E-state index contributed by atoms with van der Waals surface area (Å²) in [4.78, 5) is 25.9. The summed E-state index contributed by atoms with van der Waals surface area (Å²) in [5, 5.41) is 10.6. The minimum Gasteiger partial charge on any atom is -0.402 e. The van der Waals surface area contributed by atoms with Crippen molar-refractivity contribution in [2.75, 3.05) is 0 Å². The van der Waals surface area contributed by atoms with Crippen molar-refractivity contribution in [2.45, 2.75) is 0 Å². The van der Waals surface area contributed by atoms with Gasteiger partial charge in [0.05, 0.1) is 4.92 Å². The van der Waals surface area contributed by atoms with E-state index in [4.69, 9.17) is 4.74 Å². The van der Waals surface area contributed by atoms with Crippen molar-refractivity contribution in [3.05, 3.63) is 81.3 Å². The molecular weight excluding hydrogens is 303 g/mol. The molecule has 0 saturated heterocycles. The number of non-ortho nitro benzene ring substituents is 1. The summed E-state index contributed by atoms with van der Waals surface area (Å²) in [5.41, 5.74) is 0.903. The second kappa shape index (κ2) is 5.80. The quantitative estimate of drug-likeness (QED) is 0.377. The summed E-state index contributed by atoms with van der Waals surface area (Å²) in [6.45, 7) is 0. The first kappa shape index (κ1) is 14.6. The topological polar surface area (TPSA) is 81.8 Å². The van der Waals surface area contributed by atoms with Crippen molar-refractivity contribution in [2.24, 2.45) is 4.99 Å². The Morgan fingerprint density at radius 3 is 2.57 bits per heavy atom. The highest BCUT2D eigenvalue weighted by Gasteiger charge is 2.24. The summed E-state index contributed by atoms with van der Waals surface area (Å²) in [7, 11) is 0. The van der Waals surface area contributed by atoms with E-state index in [-0.39, 0.29) is 17.3 Å². The Morgan fingerprint density at radius 2 is 1.91 bits per heavy atom. The third-order valence-corrected chi connectivity index (χ3v) is 3.10. The molecule has 114 valence electrons. The number of carbonyl (C=O) groups is 1. The number of benzene rings is 2. The maximum Gasteiger partial charge on any atom is 0.363 e. The first-order chi connectivity index (χ1) is 11.0. The van der Waals surface area contributed by atoms with Gasteiger partial charge in [0.25, 0.3) is 5.69 Å². The fourth-order valence-corrected chi connectivity index (χ4v) is 2.00. The average Bonchev–Trinajstić information content (AvgIpc) is 2.89. The van der Waals surface area contributed by atoms with E-state index in [1.165, 1.54) is 48.5 Å². The molecule has 0 saturated carbocycles. The monoisotopic (exact) mass is 312 g/mol. The highest BCUT2D eigenvalue weighted by Crippen LogP contribution is 2.20. The molecule has 23 heavy (non-hydrogen) atoms. The van der Waals surface area contributed by atoms with Gasteiger partial charge < -0.3 is 4.74 Å². The van der Waals surface area contributed by atoms with Gasteiger partial charge in [0.2, 0.25) is 5.90 Å². The van der Waals surface area contributed by atoms with E-state index in [0.29, 0.717) is 11.1 Å². The van der Waals surface area contributed by atoms with Crippen molar-refractivity contribution < 1.29 is 18.8 Å². The van der Waals surface area contributed by atoms with Crippen LogP contribution in [0, 0.1) is 15.9 Å². The predicted octanol–water partition coefficient (Wildman–Crippen LogP) is 3.08. The van der Waals surface area contributed by atoms with Crippen LogP contribution in [-0.4, -0.2) is 16.8 Å². The van der Waals surface area contributed by atoms with Gasteiger partial charge in [0, 0.05) is 17.7 Å². The molecule has 0 spiro atoms. The third kappa shape index (κ3) is 3.13. The third-order valence-electron chi connectivity index (χ3n) is 3.10. The lowest BCUT2D eigenvalue weighted by Gasteiger charge is -1.98. The summed E-state index contributed by atoms with van der Waals surface area (Å²) < 4.78 is 18.2. The van der Waals surface area contributed by atoms with Gasteiger partial charge in [-0.1, -0.05) is 6.07 Å². The zero-order valence-electron chi connectivity index (χ0n) is 11.6. The Morgan fingerprint density at radius 1 is 1.17 bits per heavy atom. The molecule has 1 aliphatic heterocycles. The minimum atomic E-state index is -0.664. The molecule has 7 heteroatoms. The Kier molecular flexibility index (Phi) is 3.68. The number of aliphatic imine (C=N–C) groups is 1. The number of nitro benzene ring substituents is 1. The first-order valence-electron chi connectivity index (χ1n) is 6.56. The maximum atomic E-state index is 13.2. The molecule has 0 fully saturated rings. The van der Waals surface area contributed by atoms with Crippen LogP contribution >= 0.6 is 0 Å². The van der Waals surface area contributed by atoms with Crippen LogP contribution in [0.5, 0.6) is 0 Å². The van der Waals surface area contributed by atoms with Crippen LogP contribution in [0.2, 0.25) is 0 Å². The maximum absolute atomic E-state index is 13.2. The zero-order chi connectivity index (χ0) is 16.4. The van der Waals surface area contributed by atoms with Gasteiger partial charge in [0.15, 0.2) is 5.70 Å². The number of cyclic esters (lactones) is 1. The summed E-state index contributed by atoms with van der Waals surface area (Å²) >= 11 is 0. The lowest BCUT2D eigenvalue weighted by Crippen LogP contribution is -2.05. The summed E-state index contributed by atoms with van der Waals surface area (Å²) in [5.74, 6) is -1.11. The first-order valence-corrected chi connectivity index (χ1v) is 6.56. The van der Waals surface area contributed by atoms with Gasteiger partial charge in [-0.25, -0.2) is 14.2 Å². The number of nitrogens with zero attached hydrogens (tertiary/aromatic N) is 2. The molecule has 0 radical (unpaired) electrons. The van der Waals surface area contributed by atoms with Gasteiger partial charge in [-0.2, -0.15) is 0 Å². The lowest BCUT2D eigenvalue weighted by atomic mass is 10.2. The van der Waals surface area contributed by atoms with Crippen LogP contribution in [0.1, 0.15) is 11.1 Å². The van der Waals surface area contributed by atoms with Crippen LogP contribution in [0.3, 0.4) is 0 Å². The zero-order valence-corrected chi connectivity index (χ0v) is 11.6. The van der Waals surface area contributed by atoms with Crippen LogP contribution in [0.25, 0.3) is 6.08 Å². The Bertz CT molecular complexity index is 857. The lowest BCUT2D eigenvalue weighted by molar-refractivity contribution is -0.384. The molecule has 2 aromatic rings. The molecule has 2 aromatic carbocycles. The van der Waals surface area contributed by atoms with Crippen molar-refractivity contribution in [3.63, 3.8) is 0 Å². The molecular formula is C16H9FN2O4. The molecule has 1 aliphatic rings. The van der Waals surface area contributed by atoms with Gasteiger partial charge in [-0.3, -0.25) is 10.1 Å². The normalized spacial score (nSPS) is 15.4. The molecule has 1 heterocycles. The number of halogens is 1. The Hall–Kier alpha value is -3.35. The molecule has 3 rings (SSSR count). The number of esters is 1. The van der Waals surface area contributed by atoms with Crippen LogP contribution in [0.4, 0.5) is 10.1 Å². The van der Waals surface area contributed by atoms with Crippen molar-refractivity contribution in [1.82, 2.24) is 0 Å². The number of carbonyl (C=O) groups excluding carboxylic acids is 1. The second-order valence-corrected chi connectivity index (χ2v) is 4.70. The van der Waals surface area contributed by atoms with Crippen LogP contribution in [0.15, 0.2) is 59.2 Å². The van der Waals surface area contributed by atoms with Gasteiger partial charge >= 0.3 is 5.97 Å². The summed E-state index contributed by atoms with van der Waals surface area (Å²) in [6, 6.07) is 11.2. The SMILES string of the molecule is O=C1OC(c2cccc(F)c2)=NC1=Cc1ccc([N+](=O)[O-])cc1. The van der Waals surface area contributed by atoms with E-state index in [1.54, 1.807) is 6.07 Å². The fraction of sp³-hybridized carbons (Fsp3) is 0. The number of rotatable bonds is 3. The molecule has 6 nitrogen and oxygen atoms in total. The average molecular weight is 312 g/mol. The molecule has 0 amide bonds. The Balaban J connectivity index is 1.90. The van der Waals surface area contributed by atoms with Crippen molar-refractivity contribution >= 4 is 23.6 Å². The number of hydrogen-bond acceptors (Lipinski definition) is 5.